The molecule has 2 amide bonds. The van der Waals surface area contributed by atoms with Crippen LogP contribution >= 0.6 is 0 Å². The predicted molar refractivity (Wildman–Crippen MR) is 95.6 cm³/mol. The zero-order valence-electron chi connectivity index (χ0n) is 14.1. The molecule has 0 fully saturated rings. The average molecular weight is 317 g/mol. The molecule has 3 nitrogen and oxygen atoms in total. The lowest BCUT2D eigenvalue weighted by atomic mass is 9.88. The highest BCUT2D eigenvalue weighted by Gasteiger charge is 2.38. The Bertz CT molecular complexity index is 850. The van der Waals surface area contributed by atoms with Crippen LogP contribution in [0.15, 0.2) is 47.6 Å². The van der Waals surface area contributed by atoms with E-state index < -0.39 is 0 Å². The Morgan fingerprint density at radius 2 is 1.17 bits per heavy atom. The molecular weight excluding hydrogens is 298 g/mol. The van der Waals surface area contributed by atoms with E-state index in [0.717, 1.165) is 35.1 Å². The SMILES string of the molecule is CC1=CC=C(c2ccc(C3=CC=C(C)C3)c3c2C(=O)N(C)C3=O)C1. The maximum atomic E-state index is 12.7. The van der Waals surface area contributed by atoms with E-state index in [2.05, 4.69) is 38.2 Å². The molecule has 0 spiro atoms. The number of amides is 2. The normalized spacial score (nSPS) is 19.4. The average Bonchev–Trinajstić information content (AvgIpc) is 3.24. The number of allylic oxidation sites excluding steroid dienone is 8. The van der Waals surface area contributed by atoms with E-state index in [4.69, 9.17) is 0 Å². The van der Waals surface area contributed by atoms with E-state index in [1.165, 1.54) is 16.0 Å². The van der Waals surface area contributed by atoms with Gasteiger partial charge in [-0.25, -0.2) is 0 Å². The van der Waals surface area contributed by atoms with E-state index >= 15 is 0 Å². The largest absolute Gasteiger partial charge is 0.277 e. The second-order valence-electron chi connectivity index (χ2n) is 6.84. The second kappa shape index (κ2) is 5.17. The Labute approximate surface area is 141 Å². The first-order valence-electron chi connectivity index (χ1n) is 8.20. The molecule has 24 heavy (non-hydrogen) atoms. The number of fused-ring (bicyclic) bond motifs is 1. The molecule has 3 aliphatic rings. The Kier molecular flexibility index (Phi) is 3.20. The first kappa shape index (κ1) is 14.9. The lowest BCUT2D eigenvalue weighted by Crippen LogP contribution is -2.24. The lowest BCUT2D eigenvalue weighted by Gasteiger charge is -2.13. The molecular formula is C21H19NO2. The number of benzene rings is 1. The van der Waals surface area contributed by atoms with Crippen LogP contribution in [0, 0.1) is 0 Å². The number of imide groups is 1. The van der Waals surface area contributed by atoms with E-state index in [9.17, 15) is 9.59 Å². The van der Waals surface area contributed by atoms with Gasteiger partial charge in [0.05, 0.1) is 11.1 Å². The molecule has 1 aromatic rings. The van der Waals surface area contributed by atoms with Gasteiger partial charge in [-0.2, -0.15) is 0 Å². The number of hydrogen-bond donors (Lipinski definition) is 0. The summed E-state index contributed by atoms with van der Waals surface area (Å²) in [5.41, 5.74) is 7.70. The first-order valence-corrected chi connectivity index (χ1v) is 8.20. The standard InChI is InChI=1S/C21H19NO2/c1-12-4-6-14(10-12)16-8-9-17(15-7-5-13(2)11-15)19-18(16)20(23)22(3)21(19)24/h4-9H,10-11H2,1-3H3. The minimum absolute atomic E-state index is 0.194. The monoisotopic (exact) mass is 317 g/mol. The topological polar surface area (TPSA) is 37.4 Å². The summed E-state index contributed by atoms with van der Waals surface area (Å²) in [6.45, 7) is 4.16. The van der Waals surface area contributed by atoms with Crippen LogP contribution in [0.2, 0.25) is 0 Å². The van der Waals surface area contributed by atoms with Gasteiger partial charge in [-0.15, -0.1) is 0 Å². The van der Waals surface area contributed by atoms with Crippen molar-refractivity contribution in [3.05, 3.63) is 69.8 Å². The number of nitrogens with zero attached hydrogens (tertiary/aromatic N) is 1. The van der Waals surface area contributed by atoms with Crippen molar-refractivity contribution in [2.75, 3.05) is 7.05 Å². The molecule has 2 aliphatic carbocycles. The van der Waals surface area contributed by atoms with Crippen molar-refractivity contribution in [3.8, 4) is 0 Å². The van der Waals surface area contributed by atoms with Crippen molar-refractivity contribution in [3.63, 3.8) is 0 Å². The summed E-state index contributed by atoms with van der Waals surface area (Å²) < 4.78 is 0. The van der Waals surface area contributed by atoms with Crippen LogP contribution in [0.4, 0.5) is 0 Å². The van der Waals surface area contributed by atoms with Crippen molar-refractivity contribution >= 4 is 23.0 Å². The van der Waals surface area contributed by atoms with Gasteiger partial charge in [0.2, 0.25) is 0 Å². The van der Waals surface area contributed by atoms with Crippen LogP contribution in [0.3, 0.4) is 0 Å². The van der Waals surface area contributed by atoms with Crippen LogP contribution in [-0.4, -0.2) is 23.8 Å². The number of carbonyl (C=O) groups excluding carboxylic acids is 2. The van der Waals surface area contributed by atoms with Crippen molar-refractivity contribution in [1.29, 1.82) is 0 Å². The maximum absolute atomic E-state index is 12.7. The van der Waals surface area contributed by atoms with E-state index in [1.807, 2.05) is 12.1 Å². The summed E-state index contributed by atoms with van der Waals surface area (Å²) in [5, 5.41) is 0. The third kappa shape index (κ3) is 2.04. The van der Waals surface area contributed by atoms with Crippen molar-refractivity contribution < 1.29 is 9.59 Å². The Morgan fingerprint density at radius 1 is 0.750 bits per heavy atom. The summed E-state index contributed by atoms with van der Waals surface area (Å²) in [5.74, 6) is -0.388. The first-order chi connectivity index (χ1) is 11.5. The molecule has 3 heteroatoms. The maximum Gasteiger partial charge on any atom is 0.261 e. The van der Waals surface area contributed by atoms with Crippen LogP contribution in [0.1, 0.15) is 58.5 Å². The van der Waals surface area contributed by atoms with Gasteiger partial charge in [0.15, 0.2) is 0 Å². The highest BCUT2D eigenvalue weighted by atomic mass is 16.2. The molecule has 0 bridgehead atoms. The van der Waals surface area contributed by atoms with Crippen molar-refractivity contribution in [2.45, 2.75) is 26.7 Å². The summed E-state index contributed by atoms with van der Waals surface area (Å²) >= 11 is 0. The number of carbonyl (C=O) groups is 2. The minimum atomic E-state index is -0.194. The van der Waals surface area contributed by atoms with Crippen LogP contribution in [0.25, 0.3) is 11.1 Å². The predicted octanol–water partition coefficient (Wildman–Crippen LogP) is 4.38. The van der Waals surface area contributed by atoms with Gasteiger partial charge in [0, 0.05) is 7.05 Å². The fraction of sp³-hybridized carbons (Fsp3) is 0.238. The van der Waals surface area contributed by atoms with Gasteiger partial charge in [-0.05, 0) is 49.0 Å². The zero-order chi connectivity index (χ0) is 17.0. The molecule has 0 N–H and O–H groups in total. The Balaban J connectivity index is 1.90. The quantitative estimate of drug-likeness (QED) is 0.759. The molecule has 0 unspecified atom stereocenters. The van der Waals surface area contributed by atoms with Crippen LogP contribution < -0.4 is 0 Å². The minimum Gasteiger partial charge on any atom is -0.277 e. The van der Waals surface area contributed by atoms with Crippen molar-refractivity contribution in [2.24, 2.45) is 0 Å². The van der Waals surface area contributed by atoms with Gasteiger partial charge >= 0.3 is 0 Å². The van der Waals surface area contributed by atoms with E-state index in [1.54, 1.807) is 7.05 Å². The third-order valence-electron chi connectivity index (χ3n) is 5.01. The van der Waals surface area contributed by atoms with Gasteiger partial charge in [0.25, 0.3) is 11.8 Å². The second-order valence-corrected chi connectivity index (χ2v) is 6.84. The number of hydrogen-bond acceptors (Lipinski definition) is 2. The summed E-state index contributed by atoms with van der Waals surface area (Å²) in [4.78, 5) is 26.7. The van der Waals surface area contributed by atoms with Gasteiger partial charge in [-0.3, -0.25) is 14.5 Å². The Morgan fingerprint density at radius 3 is 1.50 bits per heavy atom. The van der Waals surface area contributed by atoms with E-state index in [0.29, 0.717) is 11.1 Å². The fourth-order valence-electron chi connectivity index (χ4n) is 3.70. The molecule has 0 saturated heterocycles. The molecule has 4 rings (SSSR count). The molecule has 1 aromatic carbocycles. The molecule has 0 aromatic heterocycles. The molecule has 1 aliphatic heterocycles. The van der Waals surface area contributed by atoms with Crippen LogP contribution in [0.5, 0.6) is 0 Å². The summed E-state index contributed by atoms with van der Waals surface area (Å²) in [6, 6.07) is 4.01. The summed E-state index contributed by atoms with van der Waals surface area (Å²) in [7, 11) is 1.57. The molecule has 0 atom stereocenters. The van der Waals surface area contributed by atoms with E-state index in [-0.39, 0.29) is 11.8 Å². The fourth-order valence-corrected chi connectivity index (χ4v) is 3.70. The molecule has 0 saturated carbocycles. The lowest BCUT2D eigenvalue weighted by molar-refractivity contribution is 0.0693. The van der Waals surface area contributed by atoms with Gasteiger partial charge < -0.3 is 0 Å². The van der Waals surface area contributed by atoms with Crippen LogP contribution in [-0.2, 0) is 0 Å². The van der Waals surface area contributed by atoms with Gasteiger partial charge in [-0.1, -0.05) is 47.6 Å². The van der Waals surface area contributed by atoms with Gasteiger partial charge in [0.1, 0.15) is 0 Å². The molecule has 1 heterocycles. The number of rotatable bonds is 2. The highest BCUT2D eigenvalue weighted by Crippen LogP contribution is 2.40. The highest BCUT2D eigenvalue weighted by molar-refractivity contribution is 6.24. The zero-order valence-corrected chi connectivity index (χ0v) is 14.1. The Hall–Kier alpha value is -2.68. The third-order valence-corrected chi connectivity index (χ3v) is 5.01. The smallest absolute Gasteiger partial charge is 0.261 e. The van der Waals surface area contributed by atoms with Crippen molar-refractivity contribution in [1.82, 2.24) is 4.90 Å². The molecule has 120 valence electrons. The summed E-state index contributed by atoms with van der Waals surface area (Å²) in [6.07, 6.45) is 9.93. The molecule has 0 radical (unpaired) electrons.